The second-order valence-corrected chi connectivity index (χ2v) is 6.33. The highest BCUT2D eigenvalue weighted by atomic mass is 19.4. The standard InChI is InChI=1S/C20H11F4N7/c21-6-11-1-2-16(27-8-11)30-14-3-4-26-19-18(14)29-10-15(31-19)17-13(20(22,23)24)5-12(7-25)9-28-17/h1-5,8-10H,6H2,(H,26,27,30,31). The maximum absolute atomic E-state index is 13.5. The molecule has 0 saturated carbocycles. The molecular formula is C20H11F4N7. The third kappa shape index (κ3) is 4.09. The molecule has 0 aliphatic carbocycles. The van der Waals surface area contributed by atoms with E-state index in [-0.39, 0.29) is 16.9 Å². The molecule has 154 valence electrons. The zero-order valence-corrected chi connectivity index (χ0v) is 15.5. The summed E-state index contributed by atoms with van der Waals surface area (Å²) in [6.07, 6.45) is 0.244. The molecule has 0 saturated heterocycles. The second kappa shape index (κ2) is 7.91. The van der Waals surface area contributed by atoms with Gasteiger partial charge < -0.3 is 5.32 Å². The van der Waals surface area contributed by atoms with E-state index in [1.54, 1.807) is 24.3 Å². The Bertz CT molecular complexity index is 1300. The lowest BCUT2D eigenvalue weighted by atomic mass is 10.1. The maximum Gasteiger partial charge on any atom is 0.418 e. The number of aromatic nitrogens is 5. The van der Waals surface area contributed by atoms with Crippen LogP contribution in [0.2, 0.25) is 0 Å². The molecule has 4 rings (SSSR count). The van der Waals surface area contributed by atoms with E-state index in [0.717, 1.165) is 12.4 Å². The van der Waals surface area contributed by atoms with E-state index in [4.69, 9.17) is 5.26 Å². The Morgan fingerprint density at radius 1 is 1.00 bits per heavy atom. The minimum Gasteiger partial charge on any atom is -0.338 e. The number of nitriles is 1. The third-order valence-corrected chi connectivity index (χ3v) is 4.25. The number of hydrogen-bond acceptors (Lipinski definition) is 7. The highest BCUT2D eigenvalue weighted by Crippen LogP contribution is 2.36. The first kappa shape index (κ1) is 20.1. The van der Waals surface area contributed by atoms with Gasteiger partial charge in [0, 0.05) is 24.2 Å². The summed E-state index contributed by atoms with van der Waals surface area (Å²) in [5.41, 5.74) is -0.637. The predicted octanol–water partition coefficient (Wildman–Crippen LogP) is 4.59. The van der Waals surface area contributed by atoms with Crippen LogP contribution in [-0.2, 0) is 12.9 Å². The monoisotopic (exact) mass is 425 g/mol. The Morgan fingerprint density at radius 2 is 1.84 bits per heavy atom. The van der Waals surface area contributed by atoms with Crippen LogP contribution in [0.5, 0.6) is 0 Å². The van der Waals surface area contributed by atoms with Crippen LogP contribution < -0.4 is 5.32 Å². The molecule has 0 unspecified atom stereocenters. The van der Waals surface area contributed by atoms with Crippen LogP contribution in [0, 0.1) is 11.3 Å². The van der Waals surface area contributed by atoms with Gasteiger partial charge in [0.2, 0.25) is 0 Å². The van der Waals surface area contributed by atoms with Gasteiger partial charge in [-0.1, -0.05) is 6.07 Å². The molecule has 0 fully saturated rings. The minimum absolute atomic E-state index is 0.0853. The number of hydrogen-bond donors (Lipinski definition) is 1. The van der Waals surface area contributed by atoms with Crippen molar-refractivity contribution in [3.63, 3.8) is 0 Å². The van der Waals surface area contributed by atoms with Crippen molar-refractivity contribution in [1.82, 2.24) is 24.9 Å². The summed E-state index contributed by atoms with van der Waals surface area (Å²) >= 11 is 0. The lowest BCUT2D eigenvalue weighted by molar-refractivity contribution is -0.137. The SMILES string of the molecule is N#Cc1cnc(-c2cnc3c(Nc4ccc(CF)cn4)ccnc3n2)c(C(F)(F)F)c1. The first-order chi connectivity index (χ1) is 14.9. The van der Waals surface area contributed by atoms with Gasteiger partial charge in [0.05, 0.1) is 23.0 Å². The highest BCUT2D eigenvalue weighted by molar-refractivity contribution is 5.87. The quantitative estimate of drug-likeness (QED) is 0.478. The minimum atomic E-state index is -4.74. The average molecular weight is 425 g/mol. The van der Waals surface area contributed by atoms with Crippen LogP contribution in [-0.4, -0.2) is 24.9 Å². The number of pyridine rings is 3. The number of fused-ring (bicyclic) bond motifs is 1. The summed E-state index contributed by atoms with van der Waals surface area (Å²) < 4.78 is 53.0. The molecule has 0 aromatic carbocycles. The average Bonchev–Trinajstić information content (AvgIpc) is 2.78. The molecule has 4 aromatic heterocycles. The van der Waals surface area contributed by atoms with Gasteiger partial charge in [0.15, 0.2) is 5.65 Å². The summed E-state index contributed by atoms with van der Waals surface area (Å²) in [5, 5.41) is 11.9. The van der Waals surface area contributed by atoms with Crippen LogP contribution in [0.4, 0.5) is 29.1 Å². The van der Waals surface area contributed by atoms with Crippen molar-refractivity contribution in [1.29, 1.82) is 5.26 Å². The number of halogens is 4. The van der Waals surface area contributed by atoms with E-state index in [2.05, 4.69) is 30.2 Å². The highest BCUT2D eigenvalue weighted by Gasteiger charge is 2.35. The molecule has 0 radical (unpaired) electrons. The predicted molar refractivity (Wildman–Crippen MR) is 103 cm³/mol. The molecule has 0 aliphatic rings. The second-order valence-electron chi connectivity index (χ2n) is 6.33. The Hall–Kier alpha value is -4.20. The van der Waals surface area contributed by atoms with Crippen LogP contribution in [0.25, 0.3) is 22.6 Å². The number of rotatable bonds is 4. The van der Waals surface area contributed by atoms with Crippen molar-refractivity contribution in [2.75, 3.05) is 5.32 Å². The van der Waals surface area contributed by atoms with Gasteiger partial charge in [-0.2, -0.15) is 18.4 Å². The fourth-order valence-electron chi connectivity index (χ4n) is 2.80. The molecule has 0 bridgehead atoms. The van der Waals surface area contributed by atoms with Gasteiger partial charge in [-0.25, -0.2) is 24.3 Å². The third-order valence-electron chi connectivity index (χ3n) is 4.25. The molecular weight excluding hydrogens is 414 g/mol. The molecule has 1 N–H and O–H groups in total. The van der Waals surface area contributed by atoms with Crippen molar-refractivity contribution in [2.45, 2.75) is 12.9 Å². The molecule has 7 nitrogen and oxygen atoms in total. The van der Waals surface area contributed by atoms with Gasteiger partial charge in [-0.15, -0.1) is 0 Å². The van der Waals surface area contributed by atoms with Crippen LogP contribution in [0.15, 0.2) is 49.1 Å². The first-order valence-electron chi connectivity index (χ1n) is 8.76. The zero-order valence-electron chi connectivity index (χ0n) is 15.5. The lowest BCUT2D eigenvalue weighted by Crippen LogP contribution is -2.10. The van der Waals surface area contributed by atoms with Gasteiger partial charge >= 0.3 is 6.18 Å². The van der Waals surface area contributed by atoms with Gasteiger partial charge in [-0.05, 0) is 18.2 Å². The van der Waals surface area contributed by atoms with E-state index >= 15 is 0 Å². The Kier molecular flexibility index (Phi) is 5.12. The number of anilines is 2. The number of alkyl halides is 4. The summed E-state index contributed by atoms with van der Waals surface area (Å²) in [5.74, 6) is 0.420. The van der Waals surface area contributed by atoms with Gasteiger partial charge in [0.1, 0.15) is 35.5 Å². The van der Waals surface area contributed by atoms with E-state index in [1.807, 2.05) is 0 Å². The van der Waals surface area contributed by atoms with Crippen LogP contribution >= 0.6 is 0 Å². The van der Waals surface area contributed by atoms with E-state index in [1.165, 1.54) is 12.4 Å². The molecule has 0 amide bonds. The van der Waals surface area contributed by atoms with Crippen molar-refractivity contribution < 1.29 is 17.6 Å². The summed E-state index contributed by atoms with van der Waals surface area (Å²) in [7, 11) is 0. The largest absolute Gasteiger partial charge is 0.418 e. The fraction of sp³-hybridized carbons (Fsp3) is 0.100. The van der Waals surface area contributed by atoms with E-state index in [0.29, 0.717) is 28.7 Å². The van der Waals surface area contributed by atoms with Crippen molar-refractivity contribution >= 4 is 22.7 Å². The molecule has 4 heterocycles. The molecule has 0 atom stereocenters. The van der Waals surface area contributed by atoms with Crippen molar-refractivity contribution in [2.24, 2.45) is 0 Å². The summed E-state index contributed by atoms with van der Waals surface area (Å²) in [6.45, 7) is -0.636. The van der Waals surface area contributed by atoms with Gasteiger partial charge in [0.25, 0.3) is 0 Å². The summed E-state index contributed by atoms with van der Waals surface area (Å²) in [4.78, 5) is 20.3. The Labute approximate surface area is 172 Å². The molecule has 11 heteroatoms. The van der Waals surface area contributed by atoms with Crippen LogP contribution in [0.3, 0.4) is 0 Å². The normalized spacial score (nSPS) is 11.3. The van der Waals surface area contributed by atoms with Crippen molar-refractivity contribution in [3.8, 4) is 17.5 Å². The summed E-state index contributed by atoms with van der Waals surface area (Å²) in [6, 6.07) is 7.10. The molecule has 4 aromatic rings. The number of nitrogens with zero attached hydrogens (tertiary/aromatic N) is 6. The van der Waals surface area contributed by atoms with Crippen LogP contribution in [0.1, 0.15) is 16.7 Å². The topological polar surface area (TPSA) is 100 Å². The molecule has 0 aliphatic heterocycles. The first-order valence-corrected chi connectivity index (χ1v) is 8.76. The molecule has 0 spiro atoms. The maximum atomic E-state index is 13.5. The van der Waals surface area contributed by atoms with Gasteiger partial charge in [-0.3, -0.25) is 4.98 Å². The Balaban J connectivity index is 1.76. The number of nitrogens with one attached hydrogen (secondary N) is 1. The molecule has 31 heavy (non-hydrogen) atoms. The van der Waals surface area contributed by atoms with Crippen molar-refractivity contribution in [3.05, 3.63) is 65.7 Å². The fourth-order valence-corrected chi connectivity index (χ4v) is 2.80. The zero-order chi connectivity index (χ0) is 22.0. The van der Waals surface area contributed by atoms with E-state index in [9.17, 15) is 17.6 Å². The smallest absolute Gasteiger partial charge is 0.338 e. The lowest BCUT2D eigenvalue weighted by Gasteiger charge is -2.12. The van der Waals surface area contributed by atoms with E-state index < -0.39 is 24.1 Å². The Morgan fingerprint density at radius 3 is 2.52 bits per heavy atom.